The topological polar surface area (TPSA) is 48.3 Å². The average molecular weight is 500 g/mol. The molecule has 0 fully saturated rings. The van der Waals surface area contributed by atoms with E-state index in [-0.39, 0.29) is 11.6 Å². The third-order valence-corrected chi connectivity index (χ3v) is 7.44. The molecule has 0 saturated carbocycles. The fourth-order valence-electron chi connectivity index (χ4n) is 5.46. The van der Waals surface area contributed by atoms with E-state index in [0.29, 0.717) is 23.5 Å². The molecule has 188 valence electrons. The van der Waals surface area contributed by atoms with Crippen molar-refractivity contribution in [3.63, 3.8) is 0 Å². The lowest BCUT2D eigenvalue weighted by Crippen LogP contribution is -2.13. The SMILES string of the molecule is Cc1cn(CCCc2ccccc2)c2cc(C3C(=O)c4ccc(OCc5ccccc5)cc4C3=O)ccc12. The summed E-state index contributed by atoms with van der Waals surface area (Å²) in [4.78, 5) is 26.9. The first-order chi connectivity index (χ1) is 18.6. The highest BCUT2D eigenvalue weighted by molar-refractivity contribution is 6.30. The maximum absolute atomic E-state index is 13.5. The Morgan fingerprint density at radius 1 is 0.763 bits per heavy atom. The standard InChI is InChI=1S/C34H29NO3/c1-23-21-35(18-8-13-24-9-4-2-5-10-24)31-19-26(14-16-28(23)31)32-33(36)29-17-15-27(20-30(29)34(32)37)38-22-25-11-6-3-7-12-25/h2-7,9-12,14-17,19-21,32H,8,13,18,22H2,1H3. The second-order valence-corrected chi connectivity index (χ2v) is 10.0. The number of rotatable bonds is 8. The predicted octanol–water partition coefficient (Wildman–Crippen LogP) is 7.32. The maximum atomic E-state index is 13.5. The first-order valence-corrected chi connectivity index (χ1v) is 13.1. The van der Waals surface area contributed by atoms with E-state index >= 15 is 0 Å². The van der Waals surface area contributed by atoms with Crippen LogP contribution in [0.3, 0.4) is 0 Å². The van der Waals surface area contributed by atoms with E-state index in [1.807, 2.05) is 54.6 Å². The molecule has 0 bridgehead atoms. The van der Waals surface area contributed by atoms with Crippen molar-refractivity contribution >= 4 is 22.5 Å². The number of hydrogen-bond donors (Lipinski definition) is 0. The van der Waals surface area contributed by atoms with Crippen LogP contribution in [0.15, 0.2) is 103 Å². The van der Waals surface area contributed by atoms with E-state index in [4.69, 9.17) is 4.74 Å². The predicted molar refractivity (Wildman–Crippen MR) is 150 cm³/mol. The molecule has 0 saturated heterocycles. The van der Waals surface area contributed by atoms with Crippen molar-refractivity contribution in [1.29, 1.82) is 0 Å². The van der Waals surface area contributed by atoms with Crippen molar-refractivity contribution in [3.05, 3.63) is 137 Å². The zero-order chi connectivity index (χ0) is 26.1. The van der Waals surface area contributed by atoms with Crippen LogP contribution in [-0.4, -0.2) is 16.1 Å². The van der Waals surface area contributed by atoms with Crippen LogP contribution in [0.5, 0.6) is 5.75 Å². The van der Waals surface area contributed by atoms with E-state index in [9.17, 15) is 9.59 Å². The zero-order valence-corrected chi connectivity index (χ0v) is 21.4. The van der Waals surface area contributed by atoms with Crippen molar-refractivity contribution in [2.24, 2.45) is 0 Å². The lowest BCUT2D eigenvalue weighted by Gasteiger charge is -2.10. The van der Waals surface area contributed by atoms with E-state index in [0.717, 1.165) is 41.4 Å². The first kappa shape index (κ1) is 23.9. The molecule has 4 nitrogen and oxygen atoms in total. The summed E-state index contributed by atoms with van der Waals surface area (Å²) in [6, 6.07) is 31.6. The third kappa shape index (κ3) is 4.54. The van der Waals surface area contributed by atoms with Gasteiger partial charge in [-0.05, 0) is 66.3 Å². The summed E-state index contributed by atoms with van der Waals surface area (Å²) in [5.74, 6) is -0.522. The second kappa shape index (κ2) is 10.1. The van der Waals surface area contributed by atoms with Crippen molar-refractivity contribution in [3.8, 4) is 5.75 Å². The molecule has 1 aliphatic carbocycles. The van der Waals surface area contributed by atoms with E-state index in [1.165, 1.54) is 11.1 Å². The minimum Gasteiger partial charge on any atom is -0.489 e. The van der Waals surface area contributed by atoms with Crippen LogP contribution < -0.4 is 4.74 Å². The van der Waals surface area contributed by atoms with Crippen molar-refractivity contribution in [2.45, 2.75) is 38.8 Å². The Hall–Kier alpha value is -4.44. The fraction of sp³-hybridized carbons (Fsp3) is 0.176. The van der Waals surface area contributed by atoms with Gasteiger partial charge in [-0.25, -0.2) is 0 Å². The molecule has 1 unspecified atom stereocenters. The molecule has 0 amide bonds. The molecule has 5 aromatic rings. The van der Waals surface area contributed by atoms with Gasteiger partial charge in [0.05, 0.1) is 0 Å². The van der Waals surface area contributed by atoms with E-state index in [1.54, 1.807) is 18.2 Å². The van der Waals surface area contributed by atoms with Crippen LogP contribution in [0.4, 0.5) is 0 Å². The Morgan fingerprint density at radius 2 is 1.47 bits per heavy atom. The van der Waals surface area contributed by atoms with Gasteiger partial charge < -0.3 is 9.30 Å². The maximum Gasteiger partial charge on any atom is 0.178 e. The summed E-state index contributed by atoms with van der Waals surface area (Å²) in [6.07, 6.45) is 4.18. The number of aryl methyl sites for hydroxylation is 3. The molecule has 0 spiro atoms. The Kier molecular flexibility index (Phi) is 6.38. The van der Waals surface area contributed by atoms with Gasteiger partial charge in [0.15, 0.2) is 11.6 Å². The Balaban J connectivity index is 1.23. The number of benzene rings is 4. The summed E-state index contributed by atoms with van der Waals surface area (Å²) >= 11 is 0. The minimum atomic E-state index is -0.813. The van der Waals surface area contributed by atoms with Gasteiger partial charge in [-0.1, -0.05) is 72.8 Å². The molecular formula is C34H29NO3. The molecule has 4 heteroatoms. The molecule has 4 aromatic carbocycles. The van der Waals surface area contributed by atoms with Gasteiger partial charge in [-0.15, -0.1) is 0 Å². The monoisotopic (exact) mass is 499 g/mol. The molecule has 1 heterocycles. The number of carbonyl (C=O) groups excluding carboxylic acids is 2. The number of nitrogens with zero attached hydrogens (tertiary/aromatic N) is 1. The van der Waals surface area contributed by atoms with Crippen LogP contribution in [0.1, 0.15) is 55.3 Å². The highest BCUT2D eigenvalue weighted by Gasteiger charge is 2.40. The van der Waals surface area contributed by atoms with Crippen LogP contribution in [0.25, 0.3) is 10.9 Å². The number of ketones is 2. The van der Waals surface area contributed by atoms with Gasteiger partial charge in [0, 0.05) is 34.8 Å². The van der Waals surface area contributed by atoms with Gasteiger partial charge in [0.2, 0.25) is 0 Å². The second-order valence-electron chi connectivity index (χ2n) is 10.0. The molecule has 1 aromatic heterocycles. The summed E-state index contributed by atoms with van der Waals surface area (Å²) in [6.45, 7) is 3.38. The number of Topliss-reactive ketones (excluding diaryl/α,β-unsaturated/α-hetero) is 2. The molecule has 6 rings (SSSR count). The van der Waals surface area contributed by atoms with Crippen LogP contribution in [0, 0.1) is 6.92 Å². The van der Waals surface area contributed by atoms with Gasteiger partial charge >= 0.3 is 0 Å². The Morgan fingerprint density at radius 3 is 2.24 bits per heavy atom. The number of carbonyl (C=O) groups is 2. The molecule has 0 aliphatic heterocycles. The minimum absolute atomic E-state index is 0.141. The molecule has 0 radical (unpaired) electrons. The molecule has 0 N–H and O–H groups in total. The highest BCUT2D eigenvalue weighted by atomic mass is 16.5. The number of hydrogen-bond acceptors (Lipinski definition) is 3. The summed E-state index contributed by atoms with van der Waals surface area (Å²) in [5.41, 5.74) is 6.30. The molecule has 1 atom stereocenters. The lowest BCUT2D eigenvalue weighted by atomic mass is 9.93. The molecule has 38 heavy (non-hydrogen) atoms. The Labute approximate surface area is 222 Å². The van der Waals surface area contributed by atoms with Crippen molar-refractivity contribution in [2.75, 3.05) is 0 Å². The molecular weight excluding hydrogens is 470 g/mol. The average Bonchev–Trinajstić information content (AvgIpc) is 3.40. The van der Waals surface area contributed by atoms with Gasteiger partial charge in [0.1, 0.15) is 18.3 Å². The zero-order valence-electron chi connectivity index (χ0n) is 21.4. The number of aromatic nitrogens is 1. The number of fused-ring (bicyclic) bond motifs is 2. The van der Waals surface area contributed by atoms with Crippen LogP contribution in [-0.2, 0) is 19.6 Å². The van der Waals surface area contributed by atoms with E-state index < -0.39 is 5.92 Å². The number of ether oxygens (including phenoxy) is 1. The highest BCUT2D eigenvalue weighted by Crippen LogP contribution is 2.37. The Bertz CT molecular complexity index is 1630. The summed E-state index contributed by atoms with van der Waals surface area (Å²) in [5, 5.41) is 1.15. The quantitative estimate of drug-likeness (QED) is 0.210. The third-order valence-electron chi connectivity index (χ3n) is 7.44. The van der Waals surface area contributed by atoms with E-state index in [2.05, 4.69) is 42.0 Å². The first-order valence-electron chi connectivity index (χ1n) is 13.1. The van der Waals surface area contributed by atoms with Crippen molar-refractivity contribution in [1.82, 2.24) is 4.57 Å². The summed E-state index contributed by atoms with van der Waals surface area (Å²) in [7, 11) is 0. The fourth-order valence-corrected chi connectivity index (χ4v) is 5.46. The smallest absolute Gasteiger partial charge is 0.178 e. The largest absolute Gasteiger partial charge is 0.489 e. The van der Waals surface area contributed by atoms with Gasteiger partial charge in [0.25, 0.3) is 0 Å². The van der Waals surface area contributed by atoms with Crippen molar-refractivity contribution < 1.29 is 14.3 Å². The van der Waals surface area contributed by atoms with Gasteiger partial charge in [-0.2, -0.15) is 0 Å². The molecule has 1 aliphatic rings. The lowest BCUT2D eigenvalue weighted by molar-refractivity contribution is 0.0890. The summed E-state index contributed by atoms with van der Waals surface area (Å²) < 4.78 is 8.17. The van der Waals surface area contributed by atoms with Crippen LogP contribution in [0.2, 0.25) is 0 Å². The normalized spacial score (nSPS) is 14.7. The van der Waals surface area contributed by atoms with Crippen LogP contribution >= 0.6 is 0 Å². The van der Waals surface area contributed by atoms with Gasteiger partial charge in [-0.3, -0.25) is 9.59 Å².